The van der Waals surface area contributed by atoms with Crippen LogP contribution in [0.25, 0.3) is 10.9 Å². The summed E-state index contributed by atoms with van der Waals surface area (Å²) in [7, 11) is 0. The minimum Gasteiger partial charge on any atom is -0.399 e. The summed E-state index contributed by atoms with van der Waals surface area (Å²) in [6, 6.07) is 16.4. The Morgan fingerprint density at radius 3 is 2.55 bits per heavy atom. The van der Waals surface area contributed by atoms with Gasteiger partial charge in [-0.15, -0.1) is 0 Å². The molecule has 20 heavy (non-hydrogen) atoms. The quantitative estimate of drug-likeness (QED) is 0.698. The van der Waals surface area contributed by atoms with Gasteiger partial charge >= 0.3 is 0 Å². The van der Waals surface area contributed by atoms with Crippen molar-refractivity contribution in [3.63, 3.8) is 0 Å². The van der Waals surface area contributed by atoms with Gasteiger partial charge in [0.15, 0.2) is 0 Å². The third-order valence-electron chi connectivity index (χ3n) is 3.05. The van der Waals surface area contributed by atoms with E-state index >= 15 is 0 Å². The van der Waals surface area contributed by atoms with Crippen molar-refractivity contribution in [2.75, 3.05) is 11.1 Å². The lowest BCUT2D eigenvalue weighted by molar-refractivity contribution is 0.102. The molecule has 98 valence electrons. The molecule has 2 aromatic carbocycles. The van der Waals surface area contributed by atoms with Crippen LogP contribution >= 0.6 is 0 Å². The van der Waals surface area contributed by atoms with Crippen LogP contribution < -0.4 is 11.1 Å². The van der Waals surface area contributed by atoms with Crippen LogP contribution in [0, 0.1) is 0 Å². The van der Waals surface area contributed by atoms with Gasteiger partial charge in [-0.1, -0.05) is 18.2 Å². The van der Waals surface area contributed by atoms with Gasteiger partial charge in [-0.3, -0.25) is 9.78 Å². The van der Waals surface area contributed by atoms with Crippen molar-refractivity contribution in [1.29, 1.82) is 0 Å². The molecule has 0 fully saturated rings. The van der Waals surface area contributed by atoms with Crippen molar-refractivity contribution in [1.82, 2.24) is 4.98 Å². The van der Waals surface area contributed by atoms with Crippen molar-refractivity contribution < 1.29 is 4.79 Å². The number of benzene rings is 2. The zero-order valence-electron chi connectivity index (χ0n) is 10.7. The number of pyridine rings is 1. The van der Waals surface area contributed by atoms with Gasteiger partial charge in [0, 0.05) is 23.0 Å². The predicted molar refractivity (Wildman–Crippen MR) is 80.6 cm³/mol. The molecule has 3 aromatic rings. The number of fused-ring (bicyclic) bond motifs is 1. The monoisotopic (exact) mass is 263 g/mol. The summed E-state index contributed by atoms with van der Waals surface area (Å²) >= 11 is 0. The molecule has 0 aliphatic heterocycles. The minimum absolute atomic E-state index is 0.181. The number of aromatic nitrogens is 1. The topological polar surface area (TPSA) is 68.0 Å². The molecule has 1 aromatic heterocycles. The Hall–Kier alpha value is -2.88. The molecule has 1 heterocycles. The van der Waals surface area contributed by atoms with Crippen LogP contribution in [-0.2, 0) is 0 Å². The van der Waals surface area contributed by atoms with E-state index in [1.165, 1.54) is 0 Å². The van der Waals surface area contributed by atoms with E-state index in [-0.39, 0.29) is 5.91 Å². The molecular weight excluding hydrogens is 250 g/mol. The summed E-state index contributed by atoms with van der Waals surface area (Å²) < 4.78 is 0. The molecular formula is C16H13N3O. The molecule has 0 unspecified atom stereocenters. The van der Waals surface area contributed by atoms with Crippen LogP contribution in [0.3, 0.4) is 0 Å². The second kappa shape index (κ2) is 5.01. The molecule has 0 aliphatic rings. The Labute approximate surface area is 116 Å². The smallest absolute Gasteiger partial charge is 0.257 e. The Balaban J connectivity index is 1.94. The lowest BCUT2D eigenvalue weighted by Crippen LogP contribution is -2.12. The van der Waals surface area contributed by atoms with Crippen LogP contribution in [0.2, 0.25) is 0 Å². The Morgan fingerprint density at radius 2 is 1.75 bits per heavy atom. The Morgan fingerprint density at radius 1 is 1.00 bits per heavy atom. The first-order valence-corrected chi connectivity index (χ1v) is 6.25. The molecule has 0 spiro atoms. The van der Waals surface area contributed by atoms with E-state index in [2.05, 4.69) is 10.3 Å². The number of nitrogens with two attached hydrogens (primary N) is 1. The molecule has 4 heteroatoms. The van der Waals surface area contributed by atoms with Crippen LogP contribution in [-0.4, -0.2) is 10.9 Å². The van der Waals surface area contributed by atoms with E-state index in [1.807, 2.05) is 24.3 Å². The highest BCUT2D eigenvalue weighted by Gasteiger charge is 2.10. The lowest BCUT2D eigenvalue weighted by atomic mass is 10.1. The number of carbonyl (C=O) groups excluding carboxylic acids is 1. The SMILES string of the molecule is Nc1ccc(NC(=O)c2cccc3cccnc23)cc1. The zero-order chi connectivity index (χ0) is 13.9. The summed E-state index contributed by atoms with van der Waals surface area (Å²) in [5.74, 6) is -0.181. The third-order valence-corrected chi connectivity index (χ3v) is 3.05. The third kappa shape index (κ3) is 2.31. The van der Waals surface area contributed by atoms with Crippen molar-refractivity contribution in [3.05, 3.63) is 66.4 Å². The number of para-hydroxylation sites is 1. The molecule has 0 bridgehead atoms. The number of rotatable bonds is 2. The fourth-order valence-electron chi connectivity index (χ4n) is 2.05. The number of nitrogen functional groups attached to an aromatic ring is 1. The second-order valence-corrected chi connectivity index (χ2v) is 4.46. The highest BCUT2D eigenvalue weighted by Crippen LogP contribution is 2.18. The summed E-state index contributed by atoms with van der Waals surface area (Å²) in [5, 5.41) is 3.79. The minimum atomic E-state index is -0.181. The molecule has 3 N–H and O–H groups in total. The summed E-state index contributed by atoms with van der Waals surface area (Å²) in [6.45, 7) is 0. The number of nitrogens with one attached hydrogen (secondary N) is 1. The Bertz CT molecular complexity index is 761. The van der Waals surface area contributed by atoms with Gasteiger partial charge < -0.3 is 11.1 Å². The number of hydrogen-bond donors (Lipinski definition) is 2. The fourth-order valence-corrected chi connectivity index (χ4v) is 2.05. The van der Waals surface area contributed by atoms with Gasteiger partial charge in [0.05, 0.1) is 11.1 Å². The lowest BCUT2D eigenvalue weighted by Gasteiger charge is -2.07. The highest BCUT2D eigenvalue weighted by atomic mass is 16.1. The van der Waals surface area contributed by atoms with Gasteiger partial charge in [0.2, 0.25) is 0 Å². The van der Waals surface area contributed by atoms with Crippen molar-refractivity contribution >= 4 is 28.2 Å². The van der Waals surface area contributed by atoms with Gasteiger partial charge in [0.1, 0.15) is 0 Å². The number of amides is 1. The average Bonchev–Trinajstić information content (AvgIpc) is 2.49. The number of hydrogen-bond acceptors (Lipinski definition) is 3. The number of carbonyl (C=O) groups is 1. The normalized spacial score (nSPS) is 10.4. The summed E-state index contributed by atoms with van der Waals surface area (Å²) in [5.41, 5.74) is 8.24. The van der Waals surface area contributed by atoms with Crippen molar-refractivity contribution in [3.8, 4) is 0 Å². The predicted octanol–water partition coefficient (Wildman–Crippen LogP) is 3.07. The standard InChI is InChI=1S/C16H13N3O/c17-12-6-8-13(9-7-12)19-16(20)14-5-1-3-11-4-2-10-18-15(11)14/h1-10H,17H2,(H,19,20). The van der Waals surface area contributed by atoms with E-state index in [9.17, 15) is 4.79 Å². The van der Waals surface area contributed by atoms with E-state index in [1.54, 1.807) is 36.5 Å². The van der Waals surface area contributed by atoms with Gasteiger partial charge in [0.25, 0.3) is 5.91 Å². The highest BCUT2D eigenvalue weighted by molar-refractivity contribution is 6.11. The van der Waals surface area contributed by atoms with E-state index in [4.69, 9.17) is 5.73 Å². The maximum Gasteiger partial charge on any atom is 0.257 e. The first-order chi connectivity index (χ1) is 9.74. The van der Waals surface area contributed by atoms with Crippen LogP contribution in [0.15, 0.2) is 60.8 Å². The first-order valence-electron chi connectivity index (χ1n) is 6.25. The largest absolute Gasteiger partial charge is 0.399 e. The summed E-state index contributed by atoms with van der Waals surface area (Å²) in [4.78, 5) is 16.6. The van der Waals surface area contributed by atoms with Crippen molar-refractivity contribution in [2.45, 2.75) is 0 Å². The fraction of sp³-hybridized carbons (Fsp3) is 0. The molecule has 4 nitrogen and oxygen atoms in total. The number of nitrogens with zero attached hydrogens (tertiary/aromatic N) is 1. The van der Waals surface area contributed by atoms with E-state index in [0.29, 0.717) is 22.5 Å². The first kappa shape index (κ1) is 12.2. The van der Waals surface area contributed by atoms with Crippen LogP contribution in [0.1, 0.15) is 10.4 Å². The molecule has 0 aliphatic carbocycles. The zero-order valence-corrected chi connectivity index (χ0v) is 10.7. The van der Waals surface area contributed by atoms with Gasteiger partial charge in [-0.25, -0.2) is 0 Å². The molecule has 0 radical (unpaired) electrons. The molecule has 0 saturated carbocycles. The molecule has 0 atom stereocenters. The molecule has 0 saturated heterocycles. The molecule has 3 rings (SSSR count). The maximum atomic E-state index is 12.3. The Kier molecular flexibility index (Phi) is 3.05. The average molecular weight is 263 g/mol. The van der Waals surface area contributed by atoms with Crippen LogP contribution in [0.5, 0.6) is 0 Å². The van der Waals surface area contributed by atoms with E-state index in [0.717, 1.165) is 5.39 Å². The van der Waals surface area contributed by atoms with Gasteiger partial charge in [-0.2, -0.15) is 0 Å². The van der Waals surface area contributed by atoms with Crippen molar-refractivity contribution in [2.24, 2.45) is 0 Å². The number of anilines is 2. The van der Waals surface area contributed by atoms with Gasteiger partial charge in [-0.05, 0) is 36.4 Å². The van der Waals surface area contributed by atoms with Crippen LogP contribution in [0.4, 0.5) is 11.4 Å². The second-order valence-electron chi connectivity index (χ2n) is 4.46. The summed E-state index contributed by atoms with van der Waals surface area (Å²) in [6.07, 6.45) is 1.68. The van der Waals surface area contributed by atoms with E-state index < -0.39 is 0 Å². The maximum absolute atomic E-state index is 12.3. The molecule has 1 amide bonds.